The summed E-state index contributed by atoms with van der Waals surface area (Å²) in [4.78, 5) is 3.02. The van der Waals surface area contributed by atoms with E-state index in [2.05, 4.69) is 4.79 Å². The van der Waals surface area contributed by atoms with E-state index in [0.29, 0.717) is 0 Å². The Morgan fingerprint density at radius 2 is 2.14 bits per heavy atom. The lowest BCUT2D eigenvalue weighted by atomic mass is 10.1. The Morgan fingerprint density at radius 1 is 1.36 bits per heavy atom. The van der Waals surface area contributed by atoms with Crippen molar-refractivity contribution in [2.75, 3.05) is 5.75 Å². The van der Waals surface area contributed by atoms with Gasteiger partial charge in [-0.05, 0) is 19.3 Å². The van der Waals surface area contributed by atoms with Crippen molar-refractivity contribution >= 4 is 16.7 Å². The Labute approximate surface area is 85.7 Å². The van der Waals surface area contributed by atoms with E-state index in [-0.39, 0.29) is 23.0 Å². The second-order valence-electron chi connectivity index (χ2n) is 3.85. The molecule has 14 heavy (non-hydrogen) atoms. The third kappa shape index (κ3) is 1.88. The summed E-state index contributed by atoms with van der Waals surface area (Å²) < 4.78 is 17.3. The van der Waals surface area contributed by atoms with Gasteiger partial charge in [-0.3, -0.25) is 4.21 Å². The minimum absolute atomic E-state index is 0.0120. The summed E-state index contributed by atoms with van der Waals surface area (Å²) in [5, 5.41) is 0.156. The number of nitrogens with zero attached hydrogens (tertiary/aromatic N) is 2. The van der Waals surface area contributed by atoms with Gasteiger partial charge in [-0.2, -0.15) is 0 Å². The molecule has 0 aromatic rings. The Bertz CT molecular complexity index is 299. The van der Waals surface area contributed by atoms with Crippen LogP contribution in [-0.2, 0) is 15.5 Å². The highest BCUT2D eigenvalue weighted by molar-refractivity contribution is 7.86. The molecule has 2 fully saturated rings. The summed E-state index contributed by atoms with van der Waals surface area (Å²) in [5.74, 6) is 0.518. The van der Waals surface area contributed by atoms with Crippen LogP contribution >= 0.6 is 0 Å². The van der Waals surface area contributed by atoms with Gasteiger partial charge in [0, 0.05) is 10.8 Å². The molecule has 1 heterocycles. The molecule has 4 nitrogen and oxygen atoms in total. The Hall–Kier alpha value is -0.670. The van der Waals surface area contributed by atoms with Gasteiger partial charge in [-0.1, -0.05) is 12.8 Å². The maximum absolute atomic E-state index is 11.8. The van der Waals surface area contributed by atoms with E-state index in [4.69, 9.17) is 10.3 Å². The minimum atomic E-state index is -0.914. The van der Waals surface area contributed by atoms with Crippen LogP contribution in [0.4, 0.5) is 0 Å². The third-order valence-corrected chi connectivity index (χ3v) is 4.64. The van der Waals surface area contributed by atoms with Crippen molar-refractivity contribution in [3.8, 4) is 0 Å². The Balaban J connectivity index is 2.16. The first-order valence-electron chi connectivity index (χ1n) is 5.06. The maximum atomic E-state index is 11.8. The molecule has 1 aliphatic carbocycles. The van der Waals surface area contributed by atoms with E-state index >= 15 is 0 Å². The molecule has 1 saturated carbocycles. The summed E-state index contributed by atoms with van der Waals surface area (Å²) in [6.07, 6.45) is 5.39. The molecular weight excluding hydrogens is 200 g/mol. The average Bonchev–Trinajstić information content (AvgIpc) is 2.42. The molecule has 0 aromatic carbocycles. The summed E-state index contributed by atoms with van der Waals surface area (Å²) in [6.45, 7) is 0. The highest BCUT2D eigenvalue weighted by Crippen LogP contribution is 2.27. The van der Waals surface area contributed by atoms with Crippen molar-refractivity contribution in [3.63, 3.8) is 0 Å². The minimum Gasteiger partial charge on any atom is -0.431 e. The molecule has 0 spiro atoms. The second kappa shape index (κ2) is 4.24. The van der Waals surface area contributed by atoms with Crippen LogP contribution in [0.2, 0.25) is 0 Å². The van der Waals surface area contributed by atoms with Crippen LogP contribution in [-0.4, -0.2) is 32.0 Å². The molecule has 0 aromatic heterocycles. The van der Waals surface area contributed by atoms with Gasteiger partial charge in [0.25, 0.3) is 0 Å². The Morgan fingerprint density at radius 3 is 2.93 bits per heavy atom. The van der Waals surface area contributed by atoms with E-state index in [0.717, 1.165) is 25.7 Å². The largest absolute Gasteiger partial charge is 0.462 e. The average molecular weight is 214 g/mol. The summed E-state index contributed by atoms with van der Waals surface area (Å²) >= 11 is 0. The summed E-state index contributed by atoms with van der Waals surface area (Å²) in [5.41, 5.74) is 8.60. The first kappa shape index (κ1) is 9.87. The van der Waals surface area contributed by atoms with Crippen molar-refractivity contribution < 1.29 is 13.7 Å². The van der Waals surface area contributed by atoms with Crippen LogP contribution in [0.1, 0.15) is 32.1 Å². The van der Waals surface area contributed by atoms with Crippen LogP contribution in [0, 0.1) is 0 Å². The molecule has 0 amide bonds. The molecule has 0 radical (unpaired) electrons. The number of hydrogen-bond acceptors (Lipinski definition) is 2. The highest BCUT2D eigenvalue weighted by Gasteiger charge is 2.39. The second-order valence-corrected chi connectivity index (χ2v) is 5.51. The van der Waals surface area contributed by atoms with E-state index in [9.17, 15) is 4.21 Å². The van der Waals surface area contributed by atoms with Gasteiger partial charge in [0.15, 0.2) is 5.75 Å². The number of ether oxygens (including phenoxy) is 1. The molecule has 5 heteroatoms. The van der Waals surface area contributed by atoms with Gasteiger partial charge < -0.3 is 10.3 Å². The van der Waals surface area contributed by atoms with Crippen molar-refractivity contribution in [1.82, 2.24) is 0 Å². The van der Waals surface area contributed by atoms with Gasteiger partial charge >= 0.3 is 5.90 Å². The Kier molecular flexibility index (Phi) is 2.99. The molecule has 2 aliphatic rings. The van der Waals surface area contributed by atoms with Crippen molar-refractivity contribution in [2.24, 2.45) is 0 Å². The van der Waals surface area contributed by atoms with Crippen LogP contribution in [0.5, 0.6) is 0 Å². The first-order chi connectivity index (χ1) is 6.81. The quantitative estimate of drug-likeness (QED) is 0.447. The number of hydrogen-bond donors (Lipinski definition) is 0. The molecule has 3 atom stereocenters. The SMILES string of the molecule is [N-]=[N+]=C1CS(=O)[C@H]2CCCCC[C@@H]2O1. The molecule has 0 bridgehead atoms. The van der Waals surface area contributed by atoms with Crippen LogP contribution in [0.3, 0.4) is 0 Å². The molecule has 1 saturated heterocycles. The number of rotatable bonds is 0. The van der Waals surface area contributed by atoms with Crippen molar-refractivity contribution in [2.45, 2.75) is 43.5 Å². The van der Waals surface area contributed by atoms with E-state index in [1.807, 2.05) is 0 Å². The first-order valence-corrected chi connectivity index (χ1v) is 6.44. The topological polar surface area (TPSA) is 62.7 Å². The van der Waals surface area contributed by atoms with Gasteiger partial charge in [0.1, 0.15) is 6.10 Å². The normalized spacial score (nSPS) is 37.7. The zero-order chi connectivity index (χ0) is 9.97. The predicted molar refractivity (Wildman–Crippen MR) is 53.4 cm³/mol. The highest BCUT2D eigenvalue weighted by atomic mass is 32.2. The third-order valence-electron chi connectivity index (χ3n) is 2.89. The monoisotopic (exact) mass is 214 g/mol. The number of fused-ring (bicyclic) bond motifs is 1. The van der Waals surface area contributed by atoms with E-state index < -0.39 is 10.8 Å². The molecule has 1 aliphatic heterocycles. The zero-order valence-corrected chi connectivity index (χ0v) is 8.83. The lowest BCUT2D eigenvalue weighted by Crippen LogP contribution is -2.42. The van der Waals surface area contributed by atoms with Gasteiger partial charge in [0.2, 0.25) is 0 Å². The lowest BCUT2D eigenvalue weighted by Gasteiger charge is -2.26. The molecule has 0 N–H and O–H groups in total. The maximum Gasteiger partial charge on any atom is 0.462 e. The lowest BCUT2D eigenvalue weighted by molar-refractivity contribution is -0.0535. The standard InChI is InChI=1S/C9H14N2O2S/c10-11-9-6-14(12)8-5-3-1-2-4-7(8)13-9/h7-8H,1-6H2/t7-,8-,14?/m0/s1. The van der Waals surface area contributed by atoms with Gasteiger partial charge in [0.05, 0.1) is 5.25 Å². The van der Waals surface area contributed by atoms with Gasteiger partial charge in [-0.25, -0.2) is 0 Å². The van der Waals surface area contributed by atoms with E-state index in [1.165, 1.54) is 6.42 Å². The fraction of sp³-hybridized carbons (Fsp3) is 0.889. The van der Waals surface area contributed by atoms with Crippen LogP contribution < -0.4 is 0 Å². The van der Waals surface area contributed by atoms with Crippen molar-refractivity contribution in [3.05, 3.63) is 5.53 Å². The van der Waals surface area contributed by atoms with Gasteiger partial charge in [-0.15, -0.1) is 4.79 Å². The van der Waals surface area contributed by atoms with Crippen LogP contribution in [0.25, 0.3) is 5.53 Å². The fourth-order valence-electron chi connectivity index (χ4n) is 2.17. The molecule has 78 valence electrons. The van der Waals surface area contributed by atoms with Crippen LogP contribution in [0.15, 0.2) is 0 Å². The summed E-state index contributed by atoms with van der Waals surface area (Å²) in [6, 6.07) is 0. The van der Waals surface area contributed by atoms with E-state index in [1.54, 1.807) is 0 Å². The molecule has 1 unspecified atom stereocenters. The molecule has 2 rings (SSSR count). The zero-order valence-electron chi connectivity index (χ0n) is 8.02. The summed E-state index contributed by atoms with van der Waals surface area (Å²) in [7, 11) is -0.914. The molecular formula is C9H14N2O2S. The predicted octanol–water partition coefficient (Wildman–Crippen LogP) is 1.09. The fourth-order valence-corrected chi connectivity index (χ4v) is 3.71. The van der Waals surface area contributed by atoms with Crippen molar-refractivity contribution in [1.29, 1.82) is 0 Å². The smallest absolute Gasteiger partial charge is 0.431 e.